The van der Waals surface area contributed by atoms with Crippen LogP contribution in [0.2, 0.25) is 0 Å². The van der Waals surface area contributed by atoms with Crippen molar-refractivity contribution in [1.82, 2.24) is 9.88 Å². The van der Waals surface area contributed by atoms with Crippen LogP contribution in [0.5, 0.6) is 0 Å². The normalized spacial score (nSPS) is 13.0. The highest BCUT2D eigenvalue weighted by atomic mass is 32.1. The van der Waals surface area contributed by atoms with E-state index in [1.807, 2.05) is 18.0 Å². The maximum Gasteiger partial charge on any atom is 0.317 e. The summed E-state index contributed by atoms with van der Waals surface area (Å²) in [6.45, 7) is 6.84. The molecule has 0 saturated heterocycles. The number of aliphatic carboxylic acids is 1. The Hall–Kier alpha value is -0.940. The van der Waals surface area contributed by atoms with Gasteiger partial charge in [0, 0.05) is 23.7 Å². The van der Waals surface area contributed by atoms with Gasteiger partial charge in [-0.25, -0.2) is 4.98 Å². The van der Waals surface area contributed by atoms with Gasteiger partial charge in [-0.2, -0.15) is 0 Å². The third-order valence-corrected chi connectivity index (χ3v) is 3.48. The summed E-state index contributed by atoms with van der Waals surface area (Å²) < 4.78 is 0. The predicted molar refractivity (Wildman–Crippen MR) is 64.6 cm³/mol. The maximum absolute atomic E-state index is 10.8. The van der Waals surface area contributed by atoms with Gasteiger partial charge in [0.25, 0.3) is 0 Å². The molecule has 0 amide bonds. The molecule has 1 aromatic rings. The van der Waals surface area contributed by atoms with E-state index in [9.17, 15) is 4.79 Å². The fourth-order valence-electron chi connectivity index (χ4n) is 1.48. The molecule has 0 bridgehead atoms. The first-order valence-electron chi connectivity index (χ1n) is 5.40. The molecule has 0 spiro atoms. The third kappa shape index (κ3) is 3.90. The number of carboxylic acids is 1. The van der Waals surface area contributed by atoms with E-state index in [2.05, 4.69) is 18.8 Å². The van der Waals surface area contributed by atoms with Crippen molar-refractivity contribution < 1.29 is 9.90 Å². The molecule has 0 saturated carbocycles. The molecule has 1 N–H and O–H groups in total. The number of thiazole rings is 1. The van der Waals surface area contributed by atoms with Gasteiger partial charge in [0.15, 0.2) is 0 Å². The van der Waals surface area contributed by atoms with Gasteiger partial charge in [0.2, 0.25) is 0 Å². The minimum Gasteiger partial charge on any atom is -0.480 e. The molecule has 1 rings (SSSR count). The Morgan fingerprint density at radius 3 is 2.81 bits per heavy atom. The Labute approximate surface area is 99.9 Å². The molecule has 1 atom stereocenters. The van der Waals surface area contributed by atoms with Gasteiger partial charge in [-0.1, -0.05) is 6.92 Å². The van der Waals surface area contributed by atoms with Crippen LogP contribution in [-0.2, 0) is 11.3 Å². The van der Waals surface area contributed by atoms with Gasteiger partial charge in [0.05, 0.1) is 11.6 Å². The highest BCUT2D eigenvalue weighted by Gasteiger charge is 2.16. The van der Waals surface area contributed by atoms with Crippen LogP contribution in [0.15, 0.2) is 6.20 Å². The Morgan fingerprint density at radius 2 is 2.38 bits per heavy atom. The Bertz CT molecular complexity index is 352. The zero-order valence-electron chi connectivity index (χ0n) is 9.93. The molecule has 16 heavy (non-hydrogen) atoms. The van der Waals surface area contributed by atoms with Crippen molar-refractivity contribution in [3.05, 3.63) is 16.1 Å². The van der Waals surface area contributed by atoms with E-state index >= 15 is 0 Å². The van der Waals surface area contributed by atoms with Crippen molar-refractivity contribution in [2.75, 3.05) is 6.54 Å². The molecular weight excluding hydrogens is 224 g/mol. The van der Waals surface area contributed by atoms with Gasteiger partial charge >= 0.3 is 5.97 Å². The largest absolute Gasteiger partial charge is 0.480 e. The maximum atomic E-state index is 10.8. The topological polar surface area (TPSA) is 53.4 Å². The summed E-state index contributed by atoms with van der Waals surface area (Å²) in [5.41, 5.74) is 0. The molecule has 0 aromatic carbocycles. The quantitative estimate of drug-likeness (QED) is 0.830. The van der Waals surface area contributed by atoms with Crippen LogP contribution >= 0.6 is 11.3 Å². The first-order chi connectivity index (χ1) is 7.52. The summed E-state index contributed by atoms with van der Waals surface area (Å²) in [7, 11) is 0. The zero-order chi connectivity index (χ0) is 12.1. The average molecular weight is 242 g/mol. The number of carbonyl (C=O) groups is 1. The summed E-state index contributed by atoms with van der Waals surface area (Å²) in [4.78, 5) is 18.0. The van der Waals surface area contributed by atoms with Crippen LogP contribution < -0.4 is 0 Å². The van der Waals surface area contributed by atoms with Crippen LogP contribution in [0.1, 0.15) is 30.2 Å². The van der Waals surface area contributed by atoms with Gasteiger partial charge in [-0.05, 0) is 20.3 Å². The fourth-order valence-corrected chi connectivity index (χ4v) is 2.30. The molecule has 4 nitrogen and oxygen atoms in total. The van der Waals surface area contributed by atoms with E-state index in [1.54, 1.807) is 11.3 Å². The highest BCUT2D eigenvalue weighted by molar-refractivity contribution is 7.11. The summed E-state index contributed by atoms with van der Waals surface area (Å²) in [5, 5.41) is 9.88. The smallest absolute Gasteiger partial charge is 0.317 e. The van der Waals surface area contributed by atoms with E-state index in [0.717, 1.165) is 16.3 Å². The number of carboxylic acid groups (broad SMARTS) is 1. The lowest BCUT2D eigenvalue weighted by Crippen LogP contribution is -2.36. The minimum absolute atomic E-state index is 0.0892. The highest BCUT2D eigenvalue weighted by Crippen LogP contribution is 2.16. The first-order valence-corrected chi connectivity index (χ1v) is 6.21. The molecule has 5 heteroatoms. The van der Waals surface area contributed by atoms with Crippen molar-refractivity contribution >= 4 is 17.3 Å². The number of hydrogen-bond acceptors (Lipinski definition) is 4. The lowest BCUT2D eigenvalue weighted by atomic mass is 10.2. The molecular formula is C11H18N2O2S. The van der Waals surface area contributed by atoms with Crippen LogP contribution in [0.3, 0.4) is 0 Å². The summed E-state index contributed by atoms with van der Waals surface area (Å²) in [6.07, 6.45) is 2.78. The summed E-state index contributed by atoms with van der Waals surface area (Å²) in [5.74, 6) is -0.776. The summed E-state index contributed by atoms with van der Waals surface area (Å²) >= 11 is 1.63. The number of aromatic nitrogens is 1. The fraction of sp³-hybridized carbons (Fsp3) is 0.636. The zero-order valence-corrected chi connectivity index (χ0v) is 10.8. The second kappa shape index (κ2) is 5.96. The number of nitrogens with zero attached hydrogens (tertiary/aromatic N) is 2. The van der Waals surface area contributed by atoms with Crippen LogP contribution in [0, 0.1) is 6.92 Å². The molecule has 0 aliphatic heterocycles. The average Bonchev–Trinajstić information content (AvgIpc) is 2.61. The second-order valence-electron chi connectivity index (χ2n) is 3.90. The van der Waals surface area contributed by atoms with Crippen molar-refractivity contribution in [2.45, 2.75) is 39.8 Å². The van der Waals surface area contributed by atoms with E-state index in [0.29, 0.717) is 6.54 Å². The van der Waals surface area contributed by atoms with Crippen molar-refractivity contribution in [2.24, 2.45) is 0 Å². The van der Waals surface area contributed by atoms with Crippen LogP contribution in [-0.4, -0.2) is 33.5 Å². The molecule has 0 aliphatic carbocycles. The molecule has 1 unspecified atom stereocenters. The van der Waals surface area contributed by atoms with Gasteiger partial charge in [-0.15, -0.1) is 11.3 Å². The van der Waals surface area contributed by atoms with E-state index < -0.39 is 5.97 Å². The van der Waals surface area contributed by atoms with Crippen molar-refractivity contribution in [3.8, 4) is 0 Å². The monoisotopic (exact) mass is 242 g/mol. The SMILES string of the molecule is CCC(C)N(CC(=O)O)Cc1cnc(C)s1. The molecule has 0 aliphatic rings. The molecule has 1 aromatic heterocycles. The lowest BCUT2D eigenvalue weighted by Gasteiger charge is -2.25. The van der Waals surface area contributed by atoms with Gasteiger partial charge in [-0.3, -0.25) is 9.69 Å². The number of aryl methyl sites for hydroxylation is 1. The molecule has 1 heterocycles. The number of rotatable bonds is 6. The Kier molecular flexibility index (Phi) is 4.89. The standard InChI is InChI=1S/C11H18N2O2S/c1-4-8(2)13(7-11(14)15)6-10-5-12-9(3)16-10/h5,8H,4,6-7H2,1-3H3,(H,14,15). The van der Waals surface area contributed by atoms with Gasteiger partial charge in [0.1, 0.15) is 0 Å². The van der Waals surface area contributed by atoms with Crippen molar-refractivity contribution in [3.63, 3.8) is 0 Å². The van der Waals surface area contributed by atoms with Crippen LogP contribution in [0.4, 0.5) is 0 Å². The molecule has 0 radical (unpaired) electrons. The Morgan fingerprint density at radius 1 is 1.69 bits per heavy atom. The van der Waals surface area contributed by atoms with E-state index in [-0.39, 0.29) is 12.6 Å². The molecule has 90 valence electrons. The van der Waals surface area contributed by atoms with Gasteiger partial charge < -0.3 is 5.11 Å². The van der Waals surface area contributed by atoms with E-state index in [4.69, 9.17) is 5.11 Å². The minimum atomic E-state index is -0.776. The van der Waals surface area contributed by atoms with Crippen LogP contribution in [0.25, 0.3) is 0 Å². The number of hydrogen-bond donors (Lipinski definition) is 1. The van der Waals surface area contributed by atoms with E-state index in [1.165, 1.54) is 0 Å². The molecule has 0 fully saturated rings. The summed E-state index contributed by atoms with van der Waals surface area (Å²) in [6, 6.07) is 0.276. The first kappa shape index (κ1) is 13.1. The third-order valence-electron chi connectivity index (χ3n) is 2.58. The second-order valence-corrected chi connectivity index (χ2v) is 5.22. The Balaban J connectivity index is 2.66. The van der Waals surface area contributed by atoms with Crippen molar-refractivity contribution in [1.29, 1.82) is 0 Å². The predicted octanol–water partition coefficient (Wildman–Crippen LogP) is 2.14. The lowest BCUT2D eigenvalue weighted by molar-refractivity contribution is -0.139.